The molecule has 0 aliphatic carbocycles. The summed E-state index contributed by atoms with van der Waals surface area (Å²) in [5.74, 6) is -1.78. The lowest BCUT2D eigenvalue weighted by Gasteiger charge is -2.20. The van der Waals surface area contributed by atoms with Gasteiger partial charge in [0.1, 0.15) is 12.1 Å². The Balaban J connectivity index is 4.28. The average Bonchev–Trinajstić information content (AvgIpc) is 3.03. The maximum absolute atomic E-state index is 12.5. The Morgan fingerprint density at radius 1 is 0.674 bits per heavy atom. The normalized spacial score (nSPS) is 14.3. The summed E-state index contributed by atoms with van der Waals surface area (Å²) in [5, 5.41) is 8.84. The quantitative estimate of drug-likeness (QED) is 0.0256. The molecule has 272 valence electrons. The molecular weight excluding hydrogens is 609 g/mol. The Morgan fingerprint density at radius 3 is 1.65 bits per heavy atom. The summed E-state index contributed by atoms with van der Waals surface area (Å²) < 4.78 is 33.1. The van der Waals surface area contributed by atoms with Crippen molar-refractivity contribution in [3.05, 3.63) is 12.2 Å². The van der Waals surface area contributed by atoms with Crippen LogP contribution in [0.3, 0.4) is 0 Å². The van der Waals surface area contributed by atoms with E-state index >= 15 is 0 Å². The van der Waals surface area contributed by atoms with Crippen LogP contribution < -0.4 is 5.73 Å². The van der Waals surface area contributed by atoms with Crippen LogP contribution in [0.2, 0.25) is 0 Å². The van der Waals surface area contributed by atoms with Crippen LogP contribution in [0.25, 0.3) is 0 Å². The Hall–Kier alpha value is -1.29. The van der Waals surface area contributed by atoms with E-state index in [0.29, 0.717) is 13.0 Å². The van der Waals surface area contributed by atoms with Crippen molar-refractivity contribution < 1.29 is 42.7 Å². The molecule has 0 aromatic rings. The zero-order valence-electron chi connectivity index (χ0n) is 29.2. The summed E-state index contributed by atoms with van der Waals surface area (Å²) in [7, 11) is -4.60. The van der Waals surface area contributed by atoms with Gasteiger partial charge in [0.25, 0.3) is 0 Å². The van der Waals surface area contributed by atoms with Gasteiger partial charge in [-0.3, -0.25) is 18.6 Å². The molecule has 0 amide bonds. The van der Waals surface area contributed by atoms with E-state index in [9.17, 15) is 19.0 Å². The van der Waals surface area contributed by atoms with Crippen LogP contribution in [0.1, 0.15) is 162 Å². The first kappa shape index (κ1) is 44.7. The lowest BCUT2D eigenvalue weighted by atomic mass is 10.1. The highest BCUT2D eigenvalue weighted by atomic mass is 31.2. The first-order valence-electron chi connectivity index (χ1n) is 18.2. The maximum atomic E-state index is 12.5. The molecule has 3 atom stereocenters. The number of hydrogen-bond acceptors (Lipinski definition) is 8. The van der Waals surface area contributed by atoms with E-state index in [1.165, 1.54) is 89.9 Å². The second kappa shape index (κ2) is 32.3. The summed E-state index contributed by atoms with van der Waals surface area (Å²) in [6, 6.07) is -1.47. The molecule has 0 radical (unpaired) electrons. The number of phosphoric acid groups is 1. The molecule has 11 heteroatoms. The van der Waals surface area contributed by atoms with Crippen molar-refractivity contribution in [2.75, 3.05) is 26.4 Å². The summed E-state index contributed by atoms with van der Waals surface area (Å²) in [4.78, 5) is 33.2. The maximum Gasteiger partial charge on any atom is 0.472 e. The van der Waals surface area contributed by atoms with E-state index in [0.717, 1.165) is 44.9 Å². The highest BCUT2D eigenvalue weighted by Crippen LogP contribution is 2.43. The predicted octanol–water partition coefficient (Wildman–Crippen LogP) is 9.03. The third kappa shape index (κ3) is 31.3. The number of aliphatic carboxylic acids is 1. The fourth-order valence-corrected chi connectivity index (χ4v) is 5.67. The third-order valence-corrected chi connectivity index (χ3v) is 8.75. The van der Waals surface area contributed by atoms with E-state index in [2.05, 4.69) is 30.5 Å². The number of allylic oxidation sites excluding steroid dienone is 2. The van der Waals surface area contributed by atoms with Crippen molar-refractivity contribution in [1.29, 1.82) is 0 Å². The lowest BCUT2D eigenvalue weighted by molar-refractivity contribution is -0.154. The van der Waals surface area contributed by atoms with E-state index in [4.69, 9.17) is 24.8 Å². The van der Waals surface area contributed by atoms with Crippen molar-refractivity contribution in [1.82, 2.24) is 0 Å². The number of esters is 1. The Morgan fingerprint density at radius 2 is 1.13 bits per heavy atom. The van der Waals surface area contributed by atoms with Crippen LogP contribution in [0.4, 0.5) is 0 Å². The summed E-state index contributed by atoms with van der Waals surface area (Å²) in [6.07, 6.45) is 29.8. The molecule has 3 unspecified atom stereocenters. The van der Waals surface area contributed by atoms with Gasteiger partial charge in [0.15, 0.2) is 0 Å². The van der Waals surface area contributed by atoms with Gasteiger partial charge in [-0.25, -0.2) is 4.57 Å². The minimum atomic E-state index is -4.60. The molecule has 10 nitrogen and oxygen atoms in total. The third-order valence-electron chi connectivity index (χ3n) is 7.79. The first-order valence-corrected chi connectivity index (χ1v) is 19.7. The average molecular weight is 678 g/mol. The number of carboxylic acids is 1. The number of carbonyl (C=O) groups is 2. The molecule has 4 N–H and O–H groups in total. The van der Waals surface area contributed by atoms with Gasteiger partial charge in [-0.1, -0.05) is 129 Å². The molecule has 0 aromatic heterocycles. The monoisotopic (exact) mass is 677 g/mol. The molecule has 0 bridgehead atoms. The largest absolute Gasteiger partial charge is 0.480 e. The van der Waals surface area contributed by atoms with E-state index in [1.54, 1.807) is 0 Å². The van der Waals surface area contributed by atoms with Crippen LogP contribution >= 0.6 is 7.82 Å². The van der Waals surface area contributed by atoms with Gasteiger partial charge in [-0.05, 0) is 38.5 Å². The summed E-state index contributed by atoms with van der Waals surface area (Å²) in [6.45, 7) is 3.83. The fraction of sp³-hybridized carbons (Fsp3) is 0.886. The van der Waals surface area contributed by atoms with Crippen molar-refractivity contribution in [2.24, 2.45) is 5.73 Å². The molecule has 0 aromatic carbocycles. The minimum Gasteiger partial charge on any atom is -0.480 e. The number of phosphoric ester groups is 1. The molecule has 0 heterocycles. The SMILES string of the molecule is CCCCCCC/C=C\CCCCCCCCOCC(COP(=O)(O)OCC(N)C(=O)O)OC(=O)CCCCCCCCCCC. The number of hydrogen-bond donors (Lipinski definition) is 3. The molecule has 0 saturated carbocycles. The number of unbranched alkanes of at least 4 members (excludes halogenated alkanes) is 19. The van der Waals surface area contributed by atoms with Crippen LogP contribution in [-0.4, -0.2) is 60.5 Å². The second-order valence-corrected chi connectivity index (χ2v) is 13.8. The Kier molecular flexibility index (Phi) is 31.4. The molecule has 0 aliphatic heterocycles. The number of carbonyl (C=O) groups excluding carboxylic acids is 1. The topological polar surface area (TPSA) is 155 Å². The van der Waals surface area contributed by atoms with Crippen molar-refractivity contribution >= 4 is 19.8 Å². The van der Waals surface area contributed by atoms with E-state index in [-0.39, 0.29) is 13.0 Å². The van der Waals surface area contributed by atoms with Gasteiger partial charge in [0, 0.05) is 13.0 Å². The van der Waals surface area contributed by atoms with Crippen LogP contribution in [-0.2, 0) is 32.7 Å². The first-order chi connectivity index (χ1) is 22.2. The molecule has 0 aliphatic rings. The predicted molar refractivity (Wildman–Crippen MR) is 185 cm³/mol. The van der Waals surface area contributed by atoms with Crippen LogP contribution in [0, 0.1) is 0 Å². The number of rotatable bonds is 35. The summed E-state index contributed by atoms with van der Waals surface area (Å²) in [5.41, 5.74) is 5.32. The van der Waals surface area contributed by atoms with Crippen molar-refractivity contribution in [3.8, 4) is 0 Å². The molecule has 0 fully saturated rings. The standard InChI is InChI=1S/C35H68NO9P/c1-3-5-7-9-11-13-14-15-16-17-18-20-22-24-26-28-42-29-32(30-43-46(40,41)44-31-33(36)35(38)39)45-34(37)27-25-23-21-19-12-10-8-6-4-2/h14-15,32-33H,3-13,16-31,36H2,1-2H3,(H,38,39)(H,40,41)/b15-14-. The zero-order valence-corrected chi connectivity index (χ0v) is 30.1. The Bertz CT molecular complexity index is 796. The highest BCUT2D eigenvalue weighted by Gasteiger charge is 2.27. The highest BCUT2D eigenvalue weighted by molar-refractivity contribution is 7.47. The second-order valence-electron chi connectivity index (χ2n) is 12.4. The van der Waals surface area contributed by atoms with Crippen LogP contribution in [0.15, 0.2) is 12.2 Å². The van der Waals surface area contributed by atoms with Crippen molar-refractivity contribution in [2.45, 2.75) is 174 Å². The van der Waals surface area contributed by atoms with Gasteiger partial charge >= 0.3 is 19.8 Å². The molecular formula is C35H68NO9P. The molecule has 0 saturated heterocycles. The lowest BCUT2D eigenvalue weighted by Crippen LogP contribution is -2.34. The minimum absolute atomic E-state index is 0.0169. The van der Waals surface area contributed by atoms with E-state index in [1.807, 2.05) is 0 Å². The zero-order chi connectivity index (χ0) is 34.1. The van der Waals surface area contributed by atoms with Gasteiger partial charge in [0.05, 0.1) is 19.8 Å². The smallest absolute Gasteiger partial charge is 0.472 e. The van der Waals surface area contributed by atoms with Gasteiger partial charge in [-0.15, -0.1) is 0 Å². The molecule has 46 heavy (non-hydrogen) atoms. The number of nitrogens with two attached hydrogens (primary N) is 1. The van der Waals surface area contributed by atoms with Crippen LogP contribution in [0.5, 0.6) is 0 Å². The van der Waals surface area contributed by atoms with E-state index < -0.39 is 45.1 Å². The summed E-state index contributed by atoms with van der Waals surface area (Å²) >= 11 is 0. The van der Waals surface area contributed by atoms with Gasteiger partial charge in [-0.2, -0.15) is 0 Å². The van der Waals surface area contributed by atoms with Gasteiger partial charge in [0.2, 0.25) is 0 Å². The molecule has 0 rings (SSSR count). The number of carboxylic acid groups (broad SMARTS) is 1. The van der Waals surface area contributed by atoms with Crippen molar-refractivity contribution in [3.63, 3.8) is 0 Å². The molecule has 0 spiro atoms. The Labute approximate surface area is 280 Å². The van der Waals surface area contributed by atoms with Gasteiger partial charge < -0.3 is 25.2 Å². The fourth-order valence-electron chi connectivity index (χ4n) is 4.89. The number of ether oxygens (including phenoxy) is 2.